The van der Waals surface area contributed by atoms with Gasteiger partial charge >= 0.3 is 5.97 Å². The predicted octanol–water partition coefficient (Wildman–Crippen LogP) is 6.47. The van der Waals surface area contributed by atoms with Crippen LogP contribution in [0.2, 0.25) is 5.02 Å². The minimum Gasteiger partial charge on any atom is -0.504 e. The van der Waals surface area contributed by atoms with Crippen molar-refractivity contribution < 1.29 is 38.9 Å². The van der Waals surface area contributed by atoms with E-state index in [1.54, 1.807) is 36.4 Å². The Bertz CT molecular complexity index is 1980. The molecular formula is C39H36ClIN2O8. The number of nitrogens with zero attached hydrogens (tertiary/aromatic N) is 2. The maximum absolute atomic E-state index is 15.3. The van der Waals surface area contributed by atoms with Gasteiger partial charge in [0.05, 0.1) is 39.5 Å². The highest BCUT2D eigenvalue weighted by atomic mass is 127. The van der Waals surface area contributed by atoms with Crippen molar-refractivity contribution in [3.63, 3.8) is 0 Å². The lowest BCUT2D eigenvalue weighted by atomic mass is 9.49. The van der Waals surface area contributed by atoms with E-state index in [0.29, 0.717) is 44.7 Å². The van der Waals surface area contributed by atoms with Crippen molar-refractivity contribution >= 4 is 69.5 Å². The zero-order valence-corrected chi connectivity index (χ0v) is 30.7. The lowest BCUT2D eigenvalue weighted by Gasteiger charge is -2.50. The monoisotopic (exact) mass is 822 g/mol. The molecule has 4 aliphatic rings. The number of benzene rings is 3. The number of ether oxygens (including phenoxy) is 1. The first kappa shape index (κ1) is 35.2. The van der Waals surface area contributed by atoms with E-state index >= 15 is 4.79 Å². The van der Waals surface area contributed by atoms with Gasteiger partial charge in [-0.05, 0) is 95.7 Å². The maximum Gasteiger partial charge on any atom is 0.303 e. The van der Waals surface area contributed by atoms with Crippen LogP contribution in [0.1, 0.15) is 55.6 Å². The van der Waals surface area contributed by atoms with Crippen molar-refractivity contribution in [2.45, 2.75) is 49.9 Å². The van der Waals surface area contributed by atoms with Crippen LogP contribution in [0, 0.1) is 27.2 Å². The quantitative estimate of drug-likeness (QED) is 0.103. The molecule has 2 aliphatic heterocycles. The molecule has 7 rings (SSSR count). The van der Waals surface area contributed by atoms with Gasteiger partial charge in [0.2, 0.25) is 23.6 Å². The number of phenolic OH excluding ortho intramolecular Hbond substituents is 1. The molecule has 4 amide bonds. The van der Waals surface area contributed by atoms with Crippen LogP contribution in [0.3, 0.4) is 0 Å². The zero-order chi connectivity index (χ0) is 36.2. The molecule has 2 N–H and O–H groups in total. The van der Waals surface area contributed by atoms with Crippen LogP contribution >= 0.6 is 34.2 Å². The van der Waals surface area contributed by atoms with Gasteiger partial charge in [0, 0.05) is 23.9 Å². The van der Waals surface area contributed by atoms with Gasteiger partial charge in [-0.15, -0.1) is 0 Å². The third-order valence-electron chi connectivity index (χ3n) is 11.1. The van der Waals surface area contributed by atoms with E-state index in [-0.39, 0.29) is 49.1 Å². The molecule has 3 fully saturated rings. The molecule has 6 atom stereocenters. The third-order valence-corrected chi connectivity index (χ3v) is 12.2. The fraction of sp³-hybridized carbons (Fsp3) is 0.359. The van der Waals surface area contributed by atoms with Crippen molar-refractivity contribution in [3.05, 3.63) is 98.1 Å². The van der Waals surface area contributed by atoms with Gasteiger partial charge in [0.15, 0.2) is 11.5 Å². The number of carboxylic acid groups (broad SMARTS) is 1. The number of anilines is 1. The number of imide groups is 2. The number of likely N-dealkylation sites (tertiary alicyclic amines) is 1. The molecule has 12 heteroatoms. The van der Waals surface area contributed by atoms with Crippen molar-refractivity contribution in [3.8, 4) is 11.5 Å². The summed E-state index contributed by atoms with van der Waals surface area (Å²) in [5.41, 5.74) is 0.978. The number of carboxylic acids is 1. The topological polar surface area (TPSA) is 142 Å². The first-order valence-electron chi connectivity index (χ1n) is 17.0. The van der Waals surface area contributed by atoms with Crippen molar-refractivity contribution in [1.29, 1.82) is 0 Å². The SMILES string of the molecule is COc1cc(C2C3=CCC4C(=O)N(CCCCCC(=O)O)C(=O)C4C3CC3C(=O)N(c4cccc(Cl)c4)C(=O)C32c2ccccc2)cc(I)c1O. The number of carbonyl (C=O) groups is 5. The molecule has 0 bridgehead atoms. The minimum atomic E-state index is -1.45. The summed E-state index contributed by atoms with van der Waals surface area (Å²) in [5.74, 6) is -5.67. The van der Waals surface area contributed by atoms with Gasteiger partial charge in [-0.1, -0.05) is 66.1 Å². The fourth-order valence-corrected chi connectivity index (χ4v) is 9.85. The Hall–Kier alpha value is -4.23. The molecule has 6 unspecified atom stereocenters. The van der Waals surface area contributed by atoms with Gasteiger partial charge in [0.1, 0.15) is 0 Å². The number of halogens is 2. The first-order valence-corrected chi connectivity index (χ1v) is 18.5. The highest BCUT2D eigenvalue weighted by Crippen LogP contribution is 2.65. The summed E-state index contributed by atoms with van der Waals surface area (Å²) >= 11 is 8.41. The molecule has 1 saturated carbocycles. The summed E-state index contributed by atoms with van der Waals surface area (Å²) in [4.78, 5) is 71.8. The van der Waals surface area contributed by atoms with E-state index in [1.807, 2.05) is 59.0 Å². The molecule has 2 saturated heterocycles. The molecule has 2 heterocycles. The second kappa shape index (κ2) is 13.7. The summed E-state index contributed by atoms with van der Waals surface area (Å²) in [5, 5.41) is 20.2. The zero-order valence-electron chi connectivity index (χ0n) is 27.8. The smallest absolute Gasteiger partial charge is 0.303 e. The van der Waals surface area contributed by atoms with E-state index in [4.69, 9.17) is 21.4 Å². The number of unbranched alkanes of at least 4 members (excludes halogenated alkanes) is 2. The van der Waals surface area contributed by atoms with Crippen LogP contribution < -0.4 is 9.64 Å². The van der Waals surface area contributed by atoms with Crippen molar-refractivity contribution in [1.82, 2.24) is 4.90 Å². The van der Waals surface area contributed by atoms with Crippen LogP contribution in [0.4, 0.5) is 5.69 Å². The Morgan fingerprint density at radius 2 is 1.73 bits per heavy atom. The Morgan fingerprint density at radius 1 is 0.961 bits per heavy atom. The second-order valence-electron chi connectivity index (χ2n) is 13.7. The van der Waals surface area contributed by atoms with Gasteiger partial charge < -0.3 is 14.9 Å². The number of allylic oxidation sites excluding steroid dienone is 2. The largest absolute Gasteiger partial charge is 0.504 e. The molecule has 0 radical (unpaired) electrons. The van der Waals surface area contributed by atoms with Gasteiger partial charge in [-0.25, -0.2) is 4.90 Å². The van der Waals surface area contributed by atoms with Crippen molar-refractivity contribution in [2.75, 3.05) is 18.6 Å². The lowest BCUT2D eigenvalue weighted by molar-refractivity contribution is -0.141. The summed E-state index contributed by atoms with van der Waals surface area (Å²) < 4.78 is 6.08. The summed E-state index contributed by atoms with van der Waals surface area (Å²) in [6, 6.07) is 19.4. The molecule has 264 valence electrons. The van der Waals surface area contributed by atoms with Gasteiger partial charge in [-0.3, -0.25) is 28.9 Å². The number of methoxy groups -OCH3 is 1. The van der Waals surface area contributed by atoms with E-state index in [0.717, 1.165) is 5.57 Å². The molecule has 3 aromatic carbocycles. The van der Waals surface area contributed by atoms with E-state index in [2.05, 4.69) is 0 Å². The van der Waals surface area contributed by atoms with E-state index in [1.165, 1.54) is 16.9 Å². The average molecular weight is 823 g/mol. The molecule has 10 nitrogen and oxygen atoms in total. The van der Waals surface area contributed by atoms with Crippen LogP contribution in [0.5, 0.6) is 11.5 Å². The molecule has 2 aliphatic carbocycles. The van der Waals surface area contributed by atoms with Gasteiger partial charge in [-0.2, -0.15) is 0 Å². The van der Waals surface area contributed by atoms with Crippen LogP contribution in [0.15, 0.2) is 78.4 Å². The molecular weight excluding hydrogens is 787 g/mol. The summed E-state index contributed by atoms with van der Waals surface area (Å²) in [6.07, 6.45) is 3.97. The third kappa shape index (κ3) is 5.63. The number of carbonyl (C=O) groups excluding carboxylic acids is 4. The highest BCUT2D eigenvalue weighted by molar-refractivity contribution is 14.1. The number of amides is 4. The van der Waals surface area contributed by atoms with E-state index in [9.17, 15) is 24.3 Å². The van der Waals surface area contributed by atoms with Crippen LogP contribution in [0.25, 0.3) is 0 Å². The number of aromatic hydroxyl groups is 1. The lowest BCUT2D eigenvalue weighted by Crippen LogP contribution is -2.53. The number of phenols is 1. The van der Waals surface area contributed by atoms with Crippen LogP contribution in [-0.2, 0) is 29.4 Å². The second-order valence-corrected chi connectivity index (χ2v) is 15.3. The molecule has 0 spiro atoms. The maximum atomic E-state index is 15.3. The Balaban J connectivity index is 1.39. The number of aliphatic carboxylic acids is 1. The molecule has 0 aromatic heterocycles. The highest BCUT2D eigenvalue weighted by Gasteiger charge is 2.70. The molecule has 51 heavy (non-hydrogen) atoms. The molecule has 3 aromatic rings. The normalized spacial score (nSPS) is 26.9. The fourth-order valence-electron chi connectivity index (χ4n) is 9.04. The summed E-state index contributed by atoms with van der Waals surface area (Å²) in [7, 11) is 1.45. The van der Waals surface area contributed by atoms with Crippen molar-refractivity contribution in [2.24, 2.45) is 23.7 Å². The standard InChI is InChI=1S/C39H36ClIN2O8/c1-51-30-18-21(17-29(41)34(30)46)33-25-14-15-26-32(37(49)42(35(26)47)16-7-3-6-13-31(44)45)27(25)20-28-36(48)43(24-12-8-11-23(40)19-24)38(50)39(28,33)22-9-4-2-5-10-22/h2,4-5,8-12,14,17-19,26-28,32-33,46H,3,6-7,13,15-16,20H2,1H3,(H,44,45). The summed E-state index contributed by atoms with van der Waals surface area (Å²) in [6.45, 7) is 0.195. The van der Waals surface area contributed by atoms with E-state index < -0.39 is 52.8 Å². The number of hydrogen-bond donors (Lipinski definition) is 2. The Labute approximate surface area is 313 Å². The first-order chi connectivity index (χ1) is 24.5. The van der Waals surface area contributed by atoms with Crippen LogP contribution in [-0.4, -0.2) is 58.4 Å². The number of hydrogen-bond acceptors (Lipinski definition) is 7. The Kier molecular flexibility index (Phi) is 9.47. The Morgan fingerprint density at radius 3 is 2.43 bits per heavy atom. The predicted molar refractivity (Wildman–Crippen MR) is 196 cm³/mol. The average Bonchev–Trinajstić information content (AvgIpc) is 3.49. The van der Waals surface area contributed by atoms with Gasteiger partial charge in [0.25, 0.3) is 0 Å². The minimum absolute atomic E-state index is 0.0222. The number of rotatable bonds is 10. The number of fused-ring (bicyclic) bond motifs is 4.